The van der Waals surface area contributed by atoms with Gasteiger partial charge in [-0.2, -0.15) is 0 Å². The average Bonchev–Trinajstić information content (AvgIpc) is 2.66. The van der Waals surface area contributed by atoms with Crippen LogP contribution in [0.3, 0.4) is 0 Å². The van der Waals surface area contributed by atoms with Crippen molar-refractivity contribution in [2.45, 2.75) is 18.7 Å². The maximum Gasteiger partial charge on any atom is 0.265 e. The molecule has 0 aromatic heterocycles. The standard InChI is InChI=1S/C11H14N2O2S/c1-9-3-5-11(6-4-9)16(14,15)13-8-7-12-10(13)2/h3-6H,7-8H2,1-2H3. The smallest absolute Gasteiger partial charge is 0.265 e. The summed E-state index contributed by atoms with van der Waals surface area (Å²) in [5.41, 5.74) is 1.05. The zero-order valence-corrected chi connectivity index (χ0v) is 10.2. The van der Waals surface area contributed by atoms with Gasteiger partial charge in [0.05, 0.1) is 18.0 Å². The fourth-order valence-electron chi connectivity index (χ4n) is 1.67. The lowest BCUT2D eigenvalue weighted by Gasteiger charge is -2.18. The first-order valence-electron chi connectivity index (χ1n) is 5.12. The van der Waals surface area contributed by atoms with Gasteiger partial charge >= 0.3 is 0 Å². The molecule has 1 heterocycles. The van der Waals surface area contributed by atoms with Crippen LogP contribution in [0.2, 0.25) is 0 Å². The largest absolute Gasteiger partial charge is 0.270 e. The lowest BCUT2D eigenvalue weighted by molar-refractivity contribution is 0.537. The minimum atomic E-state index is -3.40. The van der Waals surface area contributed by atoms with E-state index in [0.717, 1.165) is 5.56 Å². The van der Waals surface area contributed by atoms with E-state index in [1.807, 2.05) is 6.92 Å². The molecule has 0 fully saturated rings. The number of sulfonamides is 1. The summed E-state index contributed by atoms with van der Waals surface area (Å²) in [6, 6.07) is 6.87. The Bertz CT molecular complexity index is 517. The number of hydrogen-bond donors (Lipinski definition) is 0. The number of hydrogen-bond acceptors (Lipinski definition) is 3. The minimum Gasteiger partial charge on any atom is -0.270 e. The Labute approximate surface area is 95.7 Å². The molecule has 0 radical (unpaired) electrons. The van der Waals surface area contributed by atoms with Gasteiger partial charge in [-0.1, -0.05) is 17.7 Å². The van der Waals surface area contributed by atoms with Crippen molar-refractivity contribution in [2.75, 3.05) is 13.1 Å². The summed E-state index contributed by atoms with van der Waals surface area (Å²) in [7, 11) is -3.40. The third-order valence-corrected chi connectivity index (χ3v) is 4.51. The van der Waals surface area contributed by atoms with Crippen molar-refractivity contribution in [3.8, 4) is 0 Å². The molecule has 0 atom stereocenters. The number of aryl methyl sites for hydroxylation is 1. The summed E-state index contributed by atoms with van der Waals surface area (Å²) in [4.78, 5) is 4.42. The molecule has 16 heavy (non-hydrogen) atoms. The van der Waals surface area contributed by atoms with E-state index in [-0.39, 0.29) is 0 Å². The van der Waals surface area contributed by atoms with Crippen LogP contribution in [-0.4, -0.2) is 31.6 Å². The highest BCUT2D eigenvalue weighted by Crippen LogP contribution is 2.18. The van der Waals surface area contributed by atoms with Gasteiger partial charge in [-0.3, -0.25) is 9.30 Å². The molecular formula is C11H14N2O2S. The van der Waals surface area contributed by atoms with E-state index in [4.69, 9.17) is 0 Å². The quantitative estimate of drug-likeness (QED) is 0.782. The second-order valence-corrected chi connectivity index (χ2v) is 5.68. The lowest BCUT2D eigenvalue weighted by Crippen LogP contribution is -2.32. The first-order valence-corrected chi connectivity index (χ1v) is 6.56. The number of amidine groups is 1. The van der Waals surface area contributed by atoms with Crippen LogP contribution in [0.15, 0.2) is 34.2 Å². The van der Waals surface area contributed by atoms with Crippen molar-refractivity contribution in [2.24, 2.45) is 4.99 Å². The molecule has 0 amide bonds. The monoisotopic (exact) mass is 238 g/mol. The summed E-state index contributed by atoms with van der Waals surface area (Å²) in [6.07, 6.45) is 0. The number of benzene rings is 1. The third-order valence-electron chi connectivity index (χ3n) is 2.61. The summed E-state index contributed by atoms with van der Waals surface area (Å²) >= 11 is 0. The van der Waals surface area contributed by atoms with Crippen LogP contribution in [0, 0.1) is 6.92 Å². The highest BCUT2D eigenvalue weighted by Gasteiger charge is 2.27. The van der Waals surface area contributed by atoms with Crippen molar-refractivity contribution in [3.63, 3.8) is 0 Å². The van der Waals surface area contributed by atoms with Gasteiger partial charge in [0.15, 0.2) is 0 Å². The van der Waals surface area contributed by atoms with Gasteiger partial charge in [-0.05, 0) is 26.0 Å². The predicted molar refractivity (Wildman–Crippen MR) is 63.0 cm³/mol. The van der Waals surface area contributed by atoms with Crippen LogP contribution in [0.1, 0.15) is 12.5 Å². The molecule has 5 heteroatoms. The molecule has 0 spiro atoms. The zero-order valence-electron chi connectivity index (χ0n) is 9.34. The van der Waals surface area contributed by atoms with Gasteiger partial charge < -0.3 is 0 Å². The Hall–Kier alpha value is -1.36. The maximum atomic E-state index is 12.2. The molecule has 0 saturated heterocycles. The van der Waals surface area contributed by atoms with Crippen molar-refractivity contribution in [3.05, 3.63) is 29.8 Å². The normalized spacial score (nSPS) is 16.4. The van der Waals surface area contributed by atoms with Gasteiger partial charge in [0.1, 0.15) is 5.84 Å². The van der Waals surface area contributed by atoms with Crippen molar-refractivity contribution in [1.82, 2.24) is 4.31 Å². The van der Waals surface area contributed by atoms with Gasteiger partial charge in [0.25, 0.3) is 10.0 Å². The van der Waals surface area contributed by atoms with Crippen molar-refractivity contribution < 1.29 is 8.42 Å². The Morgan fingerprint density at radius 3 is 2.31 bits per heavy atom. The molecule has 0 N–H and O–H groups in total. The van der Waals surface area contributed by atoms with E-state index < -0.39 is 10.0 Å². The van der Waals surface area contributed by atoms with E-state index in [9.17, 15) is 8.42 Å². The van der Waals surface area contributed by atoms with E-state index in [1.165, 1.54) is 4.31 Å². The highest BCUT2D eigenvalue weighted by atomic mass is 32.2. The third kappa shape index (κ3) is 1.82. The molecule has 0 saturated carbocycles. The minimum absolute atomic E-state index is 0.328. The molecule has 0 bridgehead atoms. The topological polar surface area (TPSA) is 49.7 Å². The average molecular weight is 238 g/mol. The first kappa shape index (κ1) is 11.1. The molecule has 0 aliphatic carbocycles. The van der Waals surface area contributed by atoms with E-state index in [1.54, 1.807) is 31.2 Å². The van der Waals surface area contributed by atoms with Crippen LogP contribution >= 0.6 is 0 Å². The summed E-state index contributed by atoms with van der Waals surface area (Å²) in [5.74, 6) is 0.570. The van der Waals surface area contributed by atoms with Crippen LogP contribution in [0.4, 0.5) is 0 Å². The Balaban J connectivity index is 2.39. The van der Waals surface area contributed by atoms with Crippen LogP contribution < -0.4 is 0 Å². The maximum absolute atomic E-state index is 12.2. The Kier molecular flexibility index (Phi) is 2.71. The lowest BCUT2D eigenvalue weighted by atomic mass is 10.2. The van der Waals surface area contributed by atoms with Crippen molar-refractivity contribution in [1.29, 1.82) is 0 Å². The van der Waals surface area contributed by atoms with E-state index in [0.29, 0.717) is 23.8 Å². The molecular weight excluding hydrogens is 224 g/mol. The molecule has 2 rings (SSSR count). The van der Waals surface area contributed by atoms with Gasteiger partial charge in [0.2, 0.25) is 0 Å². The van der Waals surface area contributed by atoms with Gasteiger partial charge in [-0.25, -0.2) is 8.42 Å². The van der Waals surface area contributed by atoms with E-state index >= 15 is 0 Å². The molecule has 0 unspecified atom stereocenters. The first-order chi connectivity index (χ1) is 7.51. The highest BCUT2D eigenvalue weighted by molar-refractivity contribution is 7.89. The second-order valence-electron chi connectivity index (χ2n) is 3.82. The number of nitrogens with zero attached hydrogens (tertiary/aromatic N) is 2. The van der Waals surface area contributed by atoms with E-state index in [2.05, 4.69) is 4.99 Å². The molecule has 1 aromatic rings. The molecule has 1 aromatic carbocycles. The van der Waals surface area contributed by atoms with Crippen LogP contribution in [0.25, 0.3) is 0 Å². The SMILES string of the molecule is CC1=NCCN1S(=O)(=O)c1ccc(C)cc1. The summed E-state index contributed by atoms with van der Waals surface area (Å²) in [6.45, 7) is 4.65. The molecule has 4 nitrogen and oxygen atoms in total. The molecule has 1 aliphatic rings. The fourth-order valence-corrected chi connectivity index (χ4v) is 3.14. The summed E-state index contributed by atoms with van der Waals surface area (Å²) in [5, 5.41) is 0. The van der Waals surface area contributed by atoms with Crippen molar-refractivity contribution >= 4 is 15.9 Å². The number of rotatable bonds is 2. The second kappa shape index (κ2) is 3.90. The molecule has 86 valence electrons. The Morgan fingerprint density at radius 1 is 1.19 bits per heavy atom. The van der Waals surface area contributed by atoms with Gasteiger partial charge in [0, 0.05) is 0 Å². The van der Waals surface area contributed by atoms with Gasteiger partial charge in [-0.15, -0.1) is 0 Å². The number of aliphatic imine (C=N–C) groups is 1. The fraction of sp³-hybridized carbons (Fsp3) is 0.364. The van der Waals surface area contributed by atoms with Crippen LogP contribution in [-0.2, 0) is 10.0 Å². The molecule has 1 aliphatic heterocycles. The predicted octanol–water partition coefficient (Wildman–Crippen LogP) is 1.42. The Morgan fingerprint density at radius 2 is 1.81 bits per heavy atom. The summed E-state index contributed by atoms with van der Waals surface area (Å²) < 4.78 is 25.8. The zero-order chi connectivity index (χ0) is 11.8. The van der Waals surface area contributed by atoms with Crippen LogP contribution in [0.5, 0.6) is 0 Å².